The number of hydrogen-bond acceptors (Lipinski definition) is 4. The predicted octanol–water partition coefficient (Wildman–Crippen LogP) is 2.80. The van der Waals surface area contributed by atoms with Crippen molar-refractivity contribution < 1.29 is 19.4 Å². The van der Waals surface area contributed by atoms with Gasteiger partial charge in [0.1, 0.15) is 11.8 Å². The number of nitrogens with zero attached hydrogens (tertiary/aromatic N) is 1. The van der Waals surface area contributed by atoms with Gasteiger partial charge in [-0.3, -0.25) is 14.9 Å². The summed E-state index contributed by atoms with van der Waals surface area (Å²) < 4.78 is 5.25. The lowest BCUT2D eigenvalue weighted by Gasteiger charge is -2.32. The van der Waals surface area contributed by atoms with E-state index in [1.54, 1.807) is 7.11 Å². The summed E-state index contributed by atoms with van der Waals surface area (Å²) in [5, 5.41) is 13.9. The number of rotatable bonds is 7. The Labute approximate surface area is 174 Å². The summed E-state index contributed by atoms with van der Waals surface area (Å²) >= 11 is 6.10. The van der Waals surface area contributed by atoms with Gasteiger partial charge in [0.25, 0.3) is 11.6 Å². The molecule has 3 rings (SSSR count). The van der Waals surface area contributed by atoms with Gasteiger partial charge in [-0.25, -0.2) is 0 Å². The molecule has 29 heavy (non-hydrogen) atoms. The minimum atomic E-state index is -0.535. The highest BCUT2D eigenvalue weighted by molar-refractivity contribution is 6.34. The van der Waals surface area contributed by atoms with Crippen LogP contribution in [0.15, 0.2) is 42.5 Å². The summed E-state index contributed by atoms with van der Waals surface area (Å²) in [5.41, 5.74) is 1.23. The zero-order valence-corrected chi connectivity index (χ0v) is 17.1. The zero-order valence-electron chi connectivity index (χ0n) is 16.3. The van der Waals surface area contributed by atoms with Crippen LogP contribution >= 0.6 is 11.6 Å². The van der Waals surface area contributed by atoms with Gasteiger partial charge in [-0.15, -0.1) is 0 Å². The topological polar surface area (TPSA) is 85.9 Å². The Morgan fingerprint density at radius 2 is 1.90 bits per heavy atom. The lowest BCUT2D eigenvalue weighted by Crippen LogP contribution is -3.13. The normalized spacial score (nSPS) is 15.5. The molecule has 0 bridgehead atoms. The first-order valence-electron chi connectivity index (χ1n) is 9.70. The average molecular weight is 419 g/mol. The van der Waals surface area contributed by atoms with Gasteiger partial charge in [0.05, 0.1) is 42.3 Å². The van der Waals surface area contributed by atoms with Crippen LogP contribution in [0.5, 0.6) is 5.75 Å². The van der Waals surface area contributed by atoms with Crippen molar-refractivity contribution in [2.24, 2.45) is 0 Å². The molecule has 1 fully saturated rings. The minimum absolute atomic E-state index is 0.0722. The third kappa shape index (κ3) is 5.25. The van der Waals surface area contributed by atoms with Crippen LogP contribution in [0.3, 0.4) is 0 Å². The molecule has 0 aliphatic carbocycles. The highest BCUT2D eigenvalue weighted by Crippen LogP contribution is 2.23. The molecule has 0 unspecified atom stereocenters. The van der Waals surface area contributed by atoms with E-state index in [1.165, 1.54) is 42.4 Å². The summed E-state index contributed by atoms with van der Waals surface area (Å²) in [6, 6.07) is 11.9. The molecular weight excluding hydrogens is 394 g/mol. The first-order valence-corrected chi connectivity index (χ1v) is 10.1. The molecule has 2 aromatic carbocycles. The van der Waals surface area contributed by atoms with Crippen molar-refractivity contribution in [3.05, 3.63) is 68.7 Å². The molecule has 2 N–H and O–H groups in total. The van der Waals surface area contributed by atoms with Crippen molar-refractivity contribution in [1.29, 1.82) is 0 Å². The Bertz CT molecular complexity index is 867. The smallest absolute Gasteiger partial charge is 0.270 e. The Morgan fingerprint density at radius 1 is 1.21 bits per heavy atom. The molecule has 1 aliphatic rings. The fourth-order valence-electron chi connectivity index (χ4n) is 3.78. The molecule has 154 valence electrons. The van der Waals surface area contributed by atoms with E-state index >= 15 is 0 Å². The molecule has 1 heterocycles. The molecular formula is C21H25ClN3O4+. The summed E-state index contributed by atoms with van der Waals surface area (Å²) in [7, 11) is 1.64. The first kappa shape index (κ1) is 21.1. The molecule has 0 radical (unpaired) electrons. The van der Waals surface area contributed by atoms with Crippen LogP contribution in [0.1, 0.15) is 41.2 Å². The molecule has 0 aromatic heterocycles. The molecule has 1 amide bonds. The Morgan fingerprint density at radius 3 is 2.48 bits per heavy atom. The number of ether oxygens (including phenoxy) is 1. The fraction of sp³-hybridized carbons (Fsp3) is 0.381. The second kappa shape index (κ2) is 9.71. The van der Waals surface area contributed by atoms with Gasteiger partial charge < -0.3 is 15.0 Å². The van der Waals surface area contributed by atoms with E-state index in [0.29, 0.717) is 6.54 Å². The van der Waals surface area contributed by atoms with E-state index in [1.807, 2.05) is 24.3 Å². The highest BCUT2D eigenvalue weighted by atomic mass is 35.5. The zero-order chi connectivity index (χ0) is 20.8. The van der Waals surface area contributed by atoms with Gasteiger partial charge in [-0.2, -0.15) is 0 Å². The Balaban J connectivity index is 1.75. The van der Waals surface area contributed by atoms with Gasteiger partial charge >= 0.3 is 0 Å². The van der Waals surface area contributed by atoms with Crippen LogP contribution in [-0.2, 0) is 0 Å². The van der Waals surface area contributed by atoms with Crippen LogP contribution in [-0.4, -0.2) is 37.6 Å². The van der Waals surface area contributed by atoms with Crippen molar-refractivity contribution in [2.45, 2.75) is 25.3 Å². The number of amides is 1. The number of nitro groups is 1. The van der Waals surface area contributed by atoms with E-state index in [4.69, 9.17) is 16.3 Å². The Kier molecular flexibility index (Phi) is 7.06. The largest absolute Gasteiger partial charge is 0.497 e. The number of piperidine rings is 1. The van der Waals surface area contributed by atoms with E-state index in [0.717, 1.165) is 24.4 Å². The maximum atomic E-state index is 12.7. The number of nitrogens with one attached hydrogen (secondary N) is 2. The number of hydrogen-bond donors (Lipinski definition) is 2. The predicted molar refractivity (Wildman–Crippen MR) is 111 cm³/mol. The van der Waals surface area contributed by atoms with Crippen LogP contribution in [0.4, 0.5) is 5.69 Å². The number of halogens is 1. The second-order valence-electron chi connectivity index (χ2n) is 7.18. The van der Waals surface area contributed by atoms with Gasteiger partial charge in [-0.1, -0.05) is 11.6 Å². The molecule has 8 heteroatoms. The number of carbonyl (C=O) groups is 1. The number of likely N-dealkylation sites (tertiary alicyclic amines) is 1. The maximum Gasteiger partial charge on any atom is 0.270 e. The van der Waals surface area contributed by atoms with Crippen molar-refractivity contribution in [3.63, 3.8) is 0 Å². The summed E-state index contributed by atoms with van der Waals surface area (Å²) in [4.78, 5) is 24.4. The van der Waals surface area contributed by atoms with E-state index in [2.05, 4.69) is 5.32 Å². The number of methoxy groups -OCH3 is 1. The number of benzene rings is 2. The van der Waals surface area contributed by atoms with Crippen molar-refractivity contribution >= 4 is 23.2 Å². The van der Waals surface area contributed by atoms with Crippen molar-refractivity contribution in [3.8, 4) is 5.75 Å². The number of non-ortho nitro benzene ring substituents is 1. The Hall–Kier alpha value is -2.64. The van der Waals surface area contributed by atoms with Gasteiger partial charge in [-0.05, 0) is 49.6 Å². The summed E-state index contributed by atoms with van der Waals surface area (Å²) in [6.45, 7) is 2.57. The molecule has 1 saturated heterocycles. The standard InChI is InChI=1S/C21H24ClN3O4/c1-29-17-8-5-15(6-9-17)20(24-11-3-2-4-12-24)14-23-21(26)18-10-7-16(25(27)28)13-19(18)22/h5-10,13,20H,2-4,11-12,14H2,1H3,(H,23,26)/p+1/t20-/m0/s1. The van der Waals surface area contributed by atoms with Gasteiger partial charge in [0.2, 0.25) is 0 Å². The number of quaternary nitrogens is 1. The van der Waals surface area contributed by atoms with Crippen LogP contribution in [0.25, 0.3) is 0 Å². The SMILES string of the molecule is COc1ccc([C@H](CNC(=O)c2ccc([N+](=O)[O-])cc2Cl)[NH+]2CCCCC2)cc1. The maximum absolute atomic E-state index is 12.7. The quantitative estimate of drug-likeness (QED) is 0.534. The van der Waals surface area contributed by atoms with Crippen LogP contribution in [0.2, 0.25) is 5.02 Å². The fourth-order valence-corrected chi connectivity index (χ4v) is 4.04. The third-order valence-electron chi connectivity index (χ3n) is 5.38. The monoisotopic (exact) mass is 418 g/mol. The van der Waals surface area contributed by atoms with E-state index in [-0.39, 0.29) is 28.2 Å². The first-order chi connectivity index (χ1) is 14.0. The second-order valence-corrected chi connectivity index (χ2v) is 7.58. The number of nitro benzene ring substituents is 1. The van der Waals surface area contributed by atoms with Gasteiger partial charge in [0, 0.05) is 17.7 Å². The lowest BCUT2D eigenvalue weighted by atomic mass is 10.0. The third-order valence-corrected chi connectivity index (χ3v) is 5.69. The molecule has 1 aliphatic heterocycles. The number of carbonyl (C=O) groups excluding carboxylic acids is 1. The van der Waals surface area contributed by atoms with Crippen LogP contribution < -0.4 is 15.0 Å². The average Bonchev–Trinajstić information content (AvgIpc) is 2.74. The molecule has 0 saturated carbocycles. The molecule has 2 aromatic rings. The van der Waals surface area contributed by atoms with Gasteiger partial charge in [0.15, 0.2) is 0 Å². The lowest BCUT2D eigenvalue weighted by molar-refractivity contribution is -0.935. The van der Waals surface area contributed by atoms with Crippen molar-refractivity contribution in [2.75, 3.05) is 26.7 Å². The summed E-state index contributed by atoms with van der Waals surface area (Å²) in [5.74, 6) is 0.461. The molecule has 7 nitrogen and oxygen atoms in total. The van der Waals surface area contributed by atoms with E-state index in [9.17, 15) is 14.9 Å². The minimum Gasteiger partial charge on any atom is -0.497 e. The molecule has 1 atom stereocenters. The van der Waals surface area contributed by atoms with Crippen LogP contribution in [0, 0.1) is 10.1 Å². The van der Waals surface area contributed by atoms with Crippen molar-refractivity contribution in [1.82, 2.24) is 5.32 Å². The van der Waals surface area contributed by atoms with E-state index < -0.39 is 4.92 Å². The highest BCUT2D eigenvalue weighted by Gasteiger charge is 2.27. The molecule has 0 spiro atoms. The summed E-state index contributed by atoms with van der Waals surface area (Å²) in [6.07, 6.45) is 3.58.